The summed E-state index contributed by atoms with van der Waals surface area (Å²) in [6.45, 7) is 3.91. The normalized spacial score (nSPS) is 17.0. The molecule has 0 radical (unpaired) electrons. The molecule has 1 amide bonds. The van der Waals surface area contributed by atoms with Crippen LogP contribution in [0.4, 0.5) is 5.69 Å². The van der Waals surface area contributed by atoms with Gasteiger partial charge in [0.15, 0.2) is 0 Å². The maximum Gasteiger partial charge on any atom is 0.257 e. The van der Waals surface area contributed by atoms with Crippen LogP contribution in [0.5, 0.6) is 0 Å². The second-order valence-corrected chi connectivity index (χ2v) is 8.31. The lowest BCUT2D eigenvalue weighted by molar-refractivity contribution is 0.0303. The van der Waals surface area contributed by atoms with E-state index in [4.69, 9.17) is 16.3 Å². The van der Waals surface area contributed by atoms with E-state index in [2.05, 4.69) is 40.2 Å². The Balaban J connectivity index is 1.55. The van der Waals surface area contributed by atoms with Crippen molar-refractivity contribution in [3.05, 3.63) is 77.0 Å². The summed E-state index contributed by atoms with van der Waals surface area (Å²) in [5.74, 6) is 0.00510. The number of ether oxygens (including phenoxy) is 1. The molecule has 158 valence electrons. The molecule has 0 aliphatic carbocycles. The number of nitrogens with zero attached hydrogens (tertiary/aromatic N) is 3. The first-order valence-electron chi connectivity index (χ1n) is 10.7. The van der Waals surface area contributed by atoms with Crippen LogP contribution in [0.1, 0.15) is 22.3 Å². The van der Waals surface area contributed by atoms with E-state index < -0.39 is 0 Å². The molecule has 2 aromatic carbocycles. The van der Waals surface area contributed by atoms with Crippen molar-refractivity contribution < 1.29 is 9.53 Å². The molecular formula is C25H24ClN3O2. The molecule has 0 saturated carbocycles. The summed E-state index contributed by atoms with van der Waals surface area (Å²) in [6, 6.07) is 16.2. The van der Waals surface area contributed by atoms with Crippen LogP contribution in [0, 0.1) is 0 Å². The zero-order valence-electron chi connectivity index (χ0n) is 17.3. The smallest absolute Gasteiger partial charge is 0.257 e. The predicted octanol–water partition coefficient (Wildman–Crippen LogP) is 4.65. The molecule has 5 nitrogen and oxygen atoms in total. The fourth-order valence-electron chi connectivity index (χ4n) is 4.37. The van der Waals surface area contributed by atoms with E-state index in [0.717, 1.165) is 36.1 Å². The Kier molecular flexibility index (Phi) is 5.62. The minimum absolute atomic E-state index is 0.00510. The fourth-order valence-corrected chi connectivity index (χ4v) is 4.54. The fraction of sp³-hybridized carbons (Fsp3) is 0.280. The van der Waals surface area contributed by atoms with E-state index >= 15 is 0 Å². The van der Waals surface area contributed by atoms with E-state index in [-0.39, 0.29) is 5.91 Å². The number of amides is 1. The predicted molar refractivity (Wildman–Crippen MR) is 125 cm³/mol. The van der Waals surface area contributed by atoms with Gasteiger partial charge in [-0.25, -0.2) is 0 Å². The molecule has 5 rings (SSSR count). The van der Waals surface area contributed by atoms with Crippen LogP contribution in [0.2, 0.25) is 5.02 Å². The Hall–Kier alpha value is -2.89. The quantitative estimate of drug-likeness (QED) is 0.603. The summed E-state index contributed by atoms with van der Waals surface area (Å²) in [4.78, 5) is 22.1. The molecular weight excluding hydrogens is 410 g/mol. The van der Waals surface area contributed by atoms with E-state index in [1.807, 2.05) is 29.2 Å². The molecule has 2 aliphatic heterocycles. The zero-order valence-corrected chi connectivity index (χ0v) is 18.0. The van der Waals surface area contributed by atoms with Gasteiger partial charge >= 0.3 is 0 Å². The number of hydrogen-bond acceptors (Lipinski definition) is 4. The van der Waals surface area contributed by atoms with Gasteiger partial charge in [0.05, 0.1) is 30.0 Å². The Labute approximate surface area is 186 Å². The Morgan fingerprint density at radius 3 is 2.58 bits per heavy atom. The Bertz CT molecular complexity index is 1140. The molecule has 3 heterocycles. The van der Waals surface area contributed by atoms with Crippen LogP contribution in [0.25, 0.3) is 16.5 Å². The minimum atomic E-state index is 0.00510. The third kappa shape index (κ3) is 4.03. The monoisotopic (exact) mass is 433 g/mol. The molecule has 0 spiro atoms. The van der Waals surface area contributed by atoms with Gasteiger partial charge in [-0.1, -0.05) is 48.0 Å². The number of benzene rings is 2. The Morgan fingerprint density at radius 1 is 1.03 bits per heavy atom. The molecule has 0 unspecified atom stereocenters. The lowest BCUT2D eigenvalue weighted by Gasteiger charge is -2.33. The maximum atomic E-state index is 13.4. The molecule has 1 fully saturated rings. The van der Waals surface area contributed by atoms with Gasteiger partial charge in [-0.2, -0.15) is 0 Å². The maximum absolute atomic E-state index is 13.4. The first kappa shape index (κ1) is 20.0. The number of morpholine rings is 1. The van der Waals surface area contributed by atoms with Crippen molar-refractivity contribution in [2.75, 3.05) is 44.3 Å². The van der Waals surface area contributed by atoms with Crippen molar-refractivity contribution >= 4 is 39.7 Å². The van der Waals surface area contributed by atoms with Crippen LogP contribution < -0.4 is 4.90 Å². The van der Waals surface area contributed by atoms with Crippen molar-refractivity contribution in [2.24, 2.45) is 0 Å². The van der Waals surface area contributed by atoms with Gasteiger partial charge in [0, 0.05) is 42.8 Å². The topological polar surface area (TPSA) is 45.7 Å². The van der Waals surface area contributed by atoms with Gasteiger partial charge < -0.3 is 14.5 Å². The van der Waals surface area contributed by atoms with E-state index in [9.17, 15) is 4.79 Å². The highest BCUT2D eigenvalue weighted by atomic mass is 35.5. The molecule has 0 atom stereocenters. The molecule has 31 heavy (non-hydrogen) atoms. The number of aromatic nitrogens is 1. The van der Waals surface area contributed by atoms with Gasteiger partial charge in [-0.15, -0.1) is 0 Å². The van der Waals surface area contributed by atoms with Crippen LogP contribution in [-0.2, 0) is 4.74 Å². The summed E-state index contributed by atoms with van der Waals surface area (Å²) in [6.07, 6.45) is 4.90. The van der Waals surface area contributed by atoms with Crippen molar-refractivity contribution in [3.8, 4) is 0 Å². The first-order valence-corrected chi connectivity index (χ1v) is 11.0. The highest BCUT2D eigenvalue weighted by Crippen LogP contribution is 2.35. The summed E-state index contributed by atoms with van der Waals surface area (Å²) in [7, 11) is 0. The SMILES string of the molecule is O=C(c1cnc2ccc(Cl)cc2c1N1CC=C(c2ccccc2)CC1)N1CCOCC1. The largest absolute Gasteiger partial charge is 0.378 e. The number of anilines is 1. The number of rotatable bonds is 3. The highest BCUT2D eigenvalue weighted by Gasteiger charge is 2.26. The standard InChI is InChI=1S/C25H24ClN3O2/c26-20-6-7-23-21(16-20)24(22(17-27-23)25(30)29-12-14-31-15-13-29)28-10-8-19(9-11-28)18-4-2-1-3-5-18/h1-8,16-17H,9-15H2. The van der Waals surface area contributed by atoms with E-state index in [1.54, 1.807) is 6.20 Å². The van der Waals surface area contributed by atoms with Crippen molar-refractivity contribution in [1.29, 1.82) is 0 Å². The lowest BCUT2D eigenvalue weighted by Crippen LogP contribution is -2.41. The van der Waals surface area contributed by atoms with Gasteiger partial charge in [0.1, 0.15) is 0 Å². The zero-order chi connectivity index (χ0) is 21.2. The number of carbonyl (C=O) groups excluding carboxylic acids is 1. The van der Waals surface area contributed by atoms with Crippen LogP contribution in [0.3, 0.4) is 0 Å². The molecule has 1 aromatic heterocycles. The molecule has 2 aliphatic rings. The van der Waals surface area contributed by atoms with Gasteiger partial charge in [-0.3, -0.25) is 9.78 Å². The Morgan fingerprint density at radius 2 is 1.84 bits per heavy atom. The van der Waals surface area contributed by atoms with Crippen molar-refractivity contribution in [2.45, 2.75) is 6.42 Å². The highest BCUT2D eigenvalue weighted by molar-refractivity contribution is 6.31. The number of pyridine rings is 1. The molecule has 0 N–H and O–H groups in total. The molecule has 6 heteroatoms. The molecule has 0 bridgehead atoms. The second kappa shape index (κ2) is 8.69. The second-order valence-electron chi connectivity index (χ2n) is 7.88. The van der Waals surface area contributed by atoms with E-state index in [1.165, 1.54) is 11.1 Å². The molecule has 1 saturated heterocycles. The van der Waals surface area contributed by atoms with Gasteiger partial charge in [0.25, 0.3) is 5.91 Å². The summed E-state index contributed by atoms with van der Waals surface area (Å²) in [5.41, 5.74) is 5.00. The van der Waals surface area contributed by atoms with Gasteiger partial charge in [0.2, 0.25) is 0 Å². The first-order chi connectivity index (χ1) is 15.2. The van der Waals surface area contributed by atoms with Crippen molar-refractivity contribution in [1.82, 2.24) is 9.88 Å². The van der Waals surface area contributed by atoms with Gasteiger partial charge in [-0.05, 0) is 35.8 Å². The minimum Gasteiger partial charge on any atom is -0.378 e. The van der Waals surface area contributed by atoms with Crippen LogP contribution in [-0.4, -0.2) is 55.2 Å². The summed E-state index contributed by atoms with van der Waals surface area (Å²) < 4.78 is 5.43. The summed E-state index contributed by atoms with van der Waals surface area (Å²) in [5, 5.41) is 1.56. The lowest BCUT2D eigenvalue weighted by atomic mass is 9.98. The third-order valence-electron chi connectivity index (χ3n) is 6.00. The summed E-state index contributed by atoms with van der Waals surface area (Å²) >= 11 is 6.34. The van der Waals surface area contributed by atoms with Crippen LogP contribution in [0.15, 0.2) is 60.8 Å². The number of halogens is 1. The van der Waals surface area contributed by atoms with Crippen LogP contribution >= 0.6 is 11.6 Å². The molecule has 3 aromatic rings. The number of hydrogen-bond donors (Lipinski definition) is 0. The van der Waals surface area contributed by atoms with E-state index in [0.29, 0.717) is 36.9 Å². The number of fused-ring (bicyclic) bond motifs is 1. The average Bonchev–Trinajstić information content (AvgIpc) is 2.84. The third-order valence-corrected chi connectivity index (χ3v) is 6.24. The number of carbonyl (C=O) groups is 1. The average molecular weight is 434 g/mol. The van der Waals surface area contributed by atoms with Crippen molar-refractivity contribution in [3.63, 3.8) is 0 Å².